The molecule has 0 bridgehead atoms. The van der Waals surface area contributed by atoms with Gasteiger partial charge in [-0.2, -0.15) is 0 Å². The zero-order valence-electron chi connectivity index (χ0n) is 18.8. The lowest BCUT2D eigenvalue weighted by Gasteiger charge is -2.15. The van der Waals surface area contributed by atoms with Crippen LogP contribution in [0, 0.1) is 6.92 Å². The summed E-state index contributed by atoms with van der Waals surface area (Å²) in [6, 6.07) is 11.4. The predicted molar refractivity (Wildman–Crippen MR) is 138 cm³/mol. The van der Waals surface area contributed by atoms with Gasteiger partial charge in [-0.05, 0) is 54.3 Å². The lowest BCUT2D eigenvalue weighted by atomic mass is 10.0. The van der Waals surface area contributed by atoms with Gasteiger partial charge in [0.15, 0.2) is 11.0 Å². The molecule has 1 heterocycles. The Labute approximate surface area is 211 Å². The van der Waals surface area contributed by atoms with Gasteiger partial charge in [-0.3, -0.25) is 9.36 Å². The normalized spacial score (nSPS) is 11.0. The van der Waals surface area contributed by atoms with Crippen LogP contribution in [-0.4, -0.2) is 26.4 Å². The molecule has 2 aromatic carbocycles. The number of halogens is 2. The van der Waals surface area contributed by atoms with Crippen molar-refractivity contribution >= 4 is 50.9 Å². The molecule has 1 N–H and O–H groups in total. The van der Waals surface area contributed by atoms with Crippen molar-refractivity contribution in [1.29, 1.82) is 0 Å². The van der Waals surface area contributed by atoms with Crippen LogP contribution in [0.1, 0.15) is 36.7 Å². The third-order valence-electron chi connectivity index (χ3n) is 4.93. The van der Waals surface area contributed by atoms with E-state index in [1.54, 1.807) is 18.2 Å². The van der Waals surface area contributed by atoms with E-state index in [-0.39, 0.29) is 18.3 Å². The molecule has 0 aliphatic rings. The lowest BCUT2D eigenvalue weighted by molar-refractivity contribution is -0.113. The first-order valence-electron chi connectivity index (χ1n) is 10.4. The van der Waals surface area contributed by atoms with Crippen molar-refractivity contribution in [3.05, 3.63) is 75.5 Å². The minimum absolute atomic E-state index is 0.146. The number of rotatable bonds is 10. The molecule has 0 spiro atoms. The predicted octanol–water partition coefficient (Wildman–Crippen LogP) is 6.62. The summed E-state index contributed by atoms with van der Waals surface area (Å²) in [6.07, 6.45) is 1.77. The molecular formula is C24H26BrClN4O2S. The fourth-order valence-electron chi connectivity index (χ4n) is 3.15. The summed E-state index contributed by atoms with van der Waals surface area (Å²) >= 11 is 11.0. The molecule has 0 atom stereocenters. The van der Waals surface area contributed by atoms with Crippen LogP contribution in [0.4, 0.5) is 5.69 Å². The smallest absolute Gasteiger partial charge is 0.234 e. The van der Waals surface area contributed by atoms with Gasteiger partial charge in [-0.1, -0.05) is 65.3 Å². The average molecular weight is 550 g/mol. The summed E-state index contributed by atoms with van der Waals surface area (Å²) < 4.78 is 9.01. The minimum atomic E-state index is -0.146. The van der Waals surface area contributed by atoms with Gasteiger partial charge in [0.1, 0.15) is 12.4 Å². The zero-order chi connectivity index (χ0) is 24.0. The van der Waals surface area contributed by atoms with Gasteiger partial charge in [0.2, 0.25) is 5.91 Å². The van der Waals surface area contributed by atoms with Crippen LogP contribution in [-0.2, 0) is 17.9 Å². The van der Waals surface area contributed by atoms with E-state index in [9.17, 15) is 4.79 Å². The van der Waals surface area contributed by atoms with Crippen molar-refractivity contribution in [2.24, 2.45) is 0 Å². The molecule has 9 heteroatoms. The second kappa shape index (κ2) is 11.7. The molecule has 3 aromatic rings. The average Bonchev–Trinajstić information content (AvgIpc) is 3.16. The number of anilines is 1. The van der Waals surface area contributed by atoms with Crippen molar-refractivity contribution in [2.75, 3.05) is 11.1 Å². The number of amides is 1. The number of aromatic nitrogens is 3. The molecule has 0 unspecified atom stereocenters. The Balaban J connectivity index is 1.67. The number of hydrogen-bond acceptors (Lipinski definition) is 5. The Bertz CT molecular complexity index is 1150. The van der Waals surface area contributed by atoms with Gasteiger partial charge in [0, 0.05) is 21.7 Å². The number of carbonyl (C=O) groups is 1. The Kier molecular flexibility index (Phi) is 9.00. The number of thioether (sulfide) groups is 1. The molecule has 1 aromatic heterocycles. The van der Waals surface area contributed by atoms with Crippen LogP contribution >= 0.6 is 39.3 Å². The van der Waals surface area contributed by atoms with Crippen molar-refractivity contribution in [2.45, 2.75) is 45.0 Å². The van der Waals surface area contributed by atoms with Gasteiger partial charge < -0.3 is 10.1 Å². The van der Waals surface area contributed by atoms with E-state index in [0.29, 0.717) is 34.2 Å². The highest BCUT2D eigenvalue weighted by atomic mass is 79.9. The summed E-state index contributed by atoms with van der Waals surface area (Å²) in [4.78, 5) is 12.5. The standard InChI is InChI=1S/C24H26BrClN4O2S/c1-5-11-30-22(13-32-21-10-9-17(25)12-18(21)15(2)3)28-29-24(30)33-14-23(31)27-20-8-6-7-19(26)16(20)4/h5-10,12,15H,1,11,13-14H2,2-4H3,(H,27,31). The van der Waals surface area contributed by atoms with Crippen LogP contribution < -0.4 is 10.1 Å². The summed E-state index contributed by atoms with van der Waals surface area (Å²) in [7, 11) is 0. The molecule has 0 aliphatic heterocycles. The van der Waals surface area contributed by atoms with E-state index in [1.807, 2.05) is 29.7 Å². The van der Waals surface area contributed by atoms with Crippen molar-refractivity contribution in [3.63, 3.8) is 0 Å². The zero-order valence-corrected chi connectivity index (χ0v) is 21.9. The SMILES string of the molecule is C=CCn1c(COc2ccc(Br)cc2C(C)C)nnc1SCC(=O)Nc1cccc(Cl)c1C. The number of hydrogen-bond donors (Lipinski definition) is 1. The molecule has 0 saturated carbocycles. The van der Waals surface area contributed by atoms with Crippen molar-refractivity contribution in [3.8, 4) is 5.75 Å². The maximum atomic E-state index is 12.5. The van der Waals surface area contributed by atoms with E-state index in [0.717, 1.165) is 21.3 Å². The Morgan fingerprint density at radius 3 is 2.85 bits per heavy atom. The number of carbonyl (C=O) groups excluding carboxylic acids is 1. The first kappa shape index (κ1) is 25.3. The van der Waals surface area contributed by atoms with Crippen molar-refractivity contribution in [1.82, 2.24) is 14.8 Å². The summed E-state index contributed by atoms with van der Waals surface area (Å²) in [5.41, 5.74) is 2.65. The summed E-state index contributed by atoms with van der Waals surface area (Å²) in [6.45, 7) is 10.7. The highest BCUT2D eigenvalue weighted by molar-refractivity contribution is 9.10. The topological polar surface area (TPSA) is 69.0 Å². The molecule has 0 fully saturated rings. The van der Waals surface area contributed by atoms with Gasteiger partial charge in [0.05, 0.1) is 5.75 Å². The first-order chi connectivity index (χ1) is 15.8. The van der Waals surface area contributed by atoms with Crippen LogP contribution in [0.2, 0.25) is 5.02 Å². The molecule has 6 nitrogen and oxygen atoms in total. The summed E-state index contributed by atoms with van der Waals surface area (Å²) in [5.74, 6) is 1.84. The number of allylic oxidation sites excluding steroid dienone is 1. The molecule has 0 radical (unpaired) electrons. The maximum absolute atomic E-state index is 12.5. The number of nitrogens with one attached hydrogen (secondary N) is 1. The van der Waals surface area contributed by atoms with Crippen LogP contribution in [0.3, 0.4) is 0 Å². The highest BCUT2D eigenvalue weighted by Gasteiger charge is 2.16. The van der Waals surface area contributed by atoms with Crippen LogP contribution in [0.15, 0.2) is 58.7 Å². The molecular weight excluding hydrogens is 524 g/mol. The van der Waals surface area contributed by atoms with Crippen LogP contribution in [0.5, 0.6) is 5.75 Å². The molecule has 3 rings (SSSR count). The van der Waals surface area contributed by atoms with E-state index < -0.39 is 0 Å². The van der Waals surface area contributed by atoms with E-state index in [2.05, 4.69) is 57.9 Å². The monoisotopic (exact) mass is 548 g/mol. The highest BCUT2D eigenvalue weighted by Crippen LogP contribution is 2.30. The second-order valence-corrected chi connectivity index (χ2v) is 9.94. The Hall–Kier alpha value is -2.29. The number of benzene rings is 2. The molecule has 0 aliphatic carbocycles. The minimum Gasteiger partial charge on any atom is -0.485 e. The van der Waals surface area contributed by atoms with E-state index in [1.165, 1.54) is 11.8 Å². The fourth-order valence-corrected chi connectivity index (χ4v) is 4.47. The maximum Gasteiger partial charge on any atom is 0.234 e. The summed E-state index contributed by atoms with van der Waals surface area (Å²) in [5, 5.41) is 12.7. The molecule has 174 valence electrons. The number of ether oxygens (including phenoxy) is 1. The lowest BCUT2D eigenvalue weighted by Crippen LogP contribution is -2.15. The molecule has 0 saturated heterocycles. The molecule has 33 heavy (non-hydrogen) atoms. The van der Waals surface area contributed by atoms with Crippen molar-refractivity contribution < 1.29 is 9.53 Å². The van der Waals surface area contributed by atoms with E-state index >= 15 is 0 Å². The largest absolute Gasteiger partial charge is 0.485 e. The van der Waals surface area contributed by atoms with Gasteiger partial charge in [0.25, 0.3) is 0 Å². The first-order valence-corrected chi connectivity index (χ1v) is 12.6. The molecule has 1 amide bonds. The Morgan fingerprint density at radius 1 is 1.33 bits per heavy atom. The van der Waals surface area contributed by atoms with Gasteiger partial charge >= 0.3 is 0 Å². The van der Waals surface area contributed by atoms with Gasteiger partial charge in [-0.25, -0.2) is 0 Å². The van der Waals surface area contributed by atoms with E-state index in [4.69, 9.17) is 16.3 Å². The van der Waals surface area contributed by atoms with Gasteiger partial charge in [-0.15, -0.1) is 16.8 Å². The quantitative estimate of drug-likeness (QED) is 0.227. The third-order valence-corrected chi connectivity index (χ3v) is 6.80. The Morgan fingerprint density at radius 2 is 2.12 bits per heavy atom. The second-order valence-electron chi connectivity index (χ2n) is 7.67. The number of nitrogens with zero attached hydrogens (tertiary/aromatic N) is 3. The van der Waals surface area contributed by atoms with Crippen LogP contribution in [0.25, 0.3) is 0 Å². The fraction of sp³-hybridized carbons (Fsp3) is 0.292. The third kappa shape index (κ3) is 6.62.